The molecule has 174 valence electrons. The van der Waals surface area contributed by atoms with Crippen LogP contribution in [0.2, 0.25) is 5.02 Å². The van der Waals surface area contributed by atoms with Gasteiger partial charge in [0.2, 0.25) is 5.91 Å². The van der Waals surface area contributed by atoms with Crippen molar-refractivity contribution < 1.29 is 14.4 Å². The summed E-state index contributed by atoms with van der Waals surface area (Å²) < 4.78 is 0. The van der Waals surface area contributed by atoms with Gasteiger partial charge in [-0.2, -0.15) is 0 Å². The molecule has 2 heterocycles. The first-order valence-electron chi connectivity index (χ1n) is 10.7. The number of amides is 3. The second kappa shape index (κ2) is 11.0. The number of aromatic amines is 1. The number of carbonyl (C=O) groups is 3. The van der Waals surface area contributed by atoms with Crippen molar-refractivity contribution in [2.45, 2.75) is 12.5 Å². The Balaban J connectivity index is 1.39. The molecule has 1 unspecified atom stereocenters. The number of hydrogen-bond acceptors (Lipinski definition) is 4. The van der Waals surface area contributed by atoms with E-state index in [2.05, 4.69) is 20.9 Å². The van der Waals surface area contributed by atoms with Gasteiger partial charge in [0.25, 0.3) is 11.8 Å². The molecule has 0 spiro atoms. The summed E-state index contributed by atoms with van der Waals surface area (Å²) in [7, 11) is 0. The maximum atomic E-state index is 13.0. The standard InChI is InChI=1S/C25H23ClN4O3S/c26-19-8-3-1-7-18(19)23(31)27-11-12-28-24(32)21(30-25(33)22-10-5-13-34-22)14-16-15-29-20-9-4-2-6-17(16)20/h1-10,13,15,21,29H,11-12,14H2,(H,27,31)(H,28,32)(H,30,33). The summed E-state index contributed by atoms with van der Waals surface area (Å²) in [5.41, 5.74) is 2.26. The van der Waals surface area contributed by atoms with E-state index in [1.54, 1.807) is 36.4 Å². The Labute approximate surface area is 205 Å². The van der Waals surface area contributed by atoms with Gasteiger partial charge in [0.15, 0.2) is 0 Å². The molecule has 0 saturated heterocycles. The highest BCUT2D eigenvalue weighted by Gasteiger charge is 2.23. The molecule has 0 saturated carbocycles. The van der Waals surface area contributed by atoms with Crippen LogP contribution in [-0.2, 0) is 11.2 Å². The van der Waals surface area contributed by atoms with Crippen molar-refractivity contribution in [2.24, 2.45) is 0 Å². The maximum Gasteiger partial charge on any atom is 0.262 e. The maximum absolute atomic E-state index is 13.0. The number of halogens is 1. The summed E-state index contributed by atoms with van der Waals surface area (Å²) in [6.07, 6.45) is 2.17. The first-order chi connectivity index (χ1) is 16.5. The number of rotatable bonds is 9. The second-order valence-electron chi connectivity index (χ2n) is 7.59. The molecule has 1 atom stereocenters. The monoisotopic (exact) mass is 494 g/mol. The predicted octanol–water partition coefficient (Wildman–Crippen LogP) is 3.77. The minimum absolute atomic E-state index is 0.203. The van der Waals surface area contributed by atoms with Crippen molar-refractivity contribution >= 4 is 51.6 Å². The lowest BCUT2D eigenvalue weighted by atomic mass is 10.0. The number of aromatic nitrogens is 1. The zero-order valence-corrected chi connectivity index (χ0v) is 19.7. The van der Waals surface area contributed by atoms with Crippen LogP contribution in [0.4, 0.5) is 0 Å². The Hall–Kier alpha value is -3.62. The third-order valence-electron chi connectivity index (χ3n) is 5.29. The van der Waals surface area contributed by atoms with Gasteiger partial charge in [0.1, 0.15) is 6.04 Å². The van der Waals surface area contributed by atoms with E-state index in [0.717, 1.165) is 16.5 Å². The Kier molecular flexibility index (Phi) is 7.61. The summed E-state index contributed by atoms with van der Waals surface area (Å²) >= 11 is 7.36. The molecule has 0 aliphatic heterocycles. The van der Waals surface area contributed by atoms with Gasteiger partial charge in [-0.3, -0.25) is 14.4 Å². The Bertz CT molecular complexity index is 1300. The number of fused-ring (bicyclic) bond motifs is 1. The van der Waals surface area contributed by atoms with E-state index in [4.69, 9.17) is 11.6 Å². The van der Waals surface area contributed by atoms with Gasteiger partial charge in [0.05, 0.1) is 15.5 Å². The fraction of sp³-hybridized carbons (Fsp3) is 0.160. The van der Waals surface area contributed by atoms with Crippen LogP contribution in [0.15, 0.2) is 72.2 Å². The highest BCUT2D eigenvalue weighted by molar-refractivity contribution is 7.12. The van der Waals surface area contributed by atoms with Gasteiger partial charge < -0.3 is 20.9 Å². The first kappa shape index (κ1) is 23.5. The molecule has 34 heavy (non-hydrogen) atoms. The molecule has 4 rings (SSSR count). The molecule has 0 radical (unpaired) electrons. The lowest BCUT2D eigenvalue weighted by molar-refractivity contribution is -0.122. The zero-order chi connectivity index (χ0) is 23.9. The van der Waals surface area contributed by atoms with Gasteiger partial charge in [-0.15, -0.1) is 11.3 Å². The number of carbonyl (C=O) groups excluding carboxylic acids is 3. The van der Waals surface area contributed by atoms with Crippen molar-refractivity contribution in [1.29, 1.82) is 0 Å². The topological polar surface area (TPSA) is 103 Å². The van der Waals surface area contributed by atoms with Crippen LogP contribution in [0.1, 0.15) is 25.6 Å². The molecule has 0 aliphatic rings. The largest absolute Gasteiger partial charge is 0.361 e. The molecule has 3 amide bonds. The lowest BCUT2D eigenvalue weighted by Gasteiger charge is -2.18. The summed E-state index contributed by atoms with van der Waals surface area (Å²) in [5, 5.41) is 11.6. The van der Waals surface area contributed by atoms with Crippen molar-refractivity contribution in [3.05, 3.63) is 93.3 Å². The van der Waals surface area contributed by atoms with Gasteiger partial charge >= 0.3 is 0 Å². The normalized spacial score (nSPS) is 11.7. The van der Waals surface area contributed by atoms with Crippen LogP contribution < -0.4 is 16.0 Å². The van der Waals surface area contributed by atoms with Gasteiger partial charge in [-0.1, -0.05) is 48.0 Å². The minimum atomic E-state index is -0.784. The van der Waals surface area contributed by atoms with Gasteiger partial charge in [0, 0.05) is 36.6 Å². The molecular weight excluding hydrogens is 472 g/mol. The van der Waals surface area contributed by atoms with Gasteiger partial charge in [-0.05, 0) is 35.2 Å². The van der Waals surface area contributed by atoms with E-state index in [1.165, 1.54) is 11.3 Å². The first-order valence-corrected chi connectivity index (χ1v) is 12.0. The van der Waals surface area contributed by atoms with Crippen LogP contribution in [0.25, 0.3) is 10.9 Å². The highest BCUT2D eigenvalue weighted by Crippen LogP contribution is 2.20. The van der Waals surface area contributed by atoms with Crippen LogP contribution in [-0.4, -0.2) is 41.8 Å². The summed E-state index contributed by atoms with van der Waals surface area (Å²) in [6.45, 7) is 0.419. The molecule has 9 heteroatoms. The van der Waals surface area contributed by atoms with Crippen molar-refractivity contribution in [2.75, 3.05) is 13.1 Å². The molecule has 0 bridgehead atoms. The average molecular weight is 495 g/mol. The van der Waals surface area contributed by atoms with E-state index in [9.17, 15) is 14.4 Å². The molecule has 2 aromatic carbocycles. The molecule has 4 aromatic rings. The summed E-state index contributed by atoms with van der Waals surface area (Å²) in [5.74, 6) is -0.953. The van der Waals surface area contributed by atoms with E-state index in [0.29, 0.717) is 21.9 Å². The van der Waals surface area contributed by atoms with Crippen molar-refractivity contribution in [3.63, 3.8) is 0 Å². The van der Waals surface area contributed by atoms with Crippen LogP contribution in [0.5, 0.6) is 0 Å². The fourth-order valence-corrected chi connectivity index (χ4v) is 4.44. The van der Waals surface area contributed by atoms with E-state index in [-0.39, 0.29) is 30.8 Å². The Morgan fingerprint density at radius 1 is 0.912 bits per heavy atom. The number of para-hydroxylation sites is 1. The molecule has 0 fully saturated rings. The molecule has 2 aromatic heterocycles. The molecule has 7 nitrogen and oxygen atoms in total. The lowest BCUT2D eigenvalue weighted by Crippen LogP contribution is -2.49. The molecular formula is C25H23ClN4O3S. The Morgan fingerprint density at radius 2 is 1.68 bits per heavy atom. The van der Waals surface area contributed by atoms with E-state index in [1.807, 2.05) is 35.8 Å². The van der Waals surface area contributed by atoms with Crippen molar-refractivity contribution in [1.82, 2.24) is 20.9 Å². The smallest absolute Gasteiger partial charge is 0.262 e. The Morgan fingerprint density at radius 3 is 2.47 bits per heavy atom. The molecule has 4 N–H and O–H groups in total. The third-order valence-corrected chi connectivity index (χ3v) is 6.49. The summed E-state index contributed by atoms with van der Waals surface area (Å²) in [4.78, 5) is 41.7. The second-order valence-corrected chi connectivity index (χ2v) is 8.95. The number of benzene rings is 2. The number of H-pyrrole nitrogens is 1. The van der Waals surface area contributed by atoms with E-state index < -0.39 is 6.04 Å². The van der Waals surface area contributed by atoms with Crippen LogP contribution in [0.3, 0.4) is 0 Å². The van der Waals surface area contributed by atoms with Gasteiger partial charge in [-0.25, -0.2) is 0 Å². The third kappa shape index (κ3) is 5.65. The average Bonchev–Trinajstić information content (AvgIpc) is 3.52. The number of nitrogens with one attached hydrogen (secondary N) is 4. The quantitative estimate of drug-likeness (QED) is 0.266. The highest BCUT2D eigenvalue weighted by atomic mass is 35.5. The minimum Gasteiger partial charge on any atom is -0.361 e. The number of thiophene rings is 1. The molecule has 0 aliphatic carbocycles. The van der Waals surface area contributed by atoms with Crippen LogP contribution >= 0.6 is 22.9 Å². The van der Waals surface area contributed by atoms with Crippen molar-refractivity contribution in [3.8, 4) is 0 Å². The SMILES string of the molecule is O=C(NC(Cc1c[nH]c2ccccc12)C(=O)NCCNC(=O)c1ccccc1Cl)c1cccs1. The number of hydrogen-bond donors (Lipinski definition) is 4. The zero-order valence-electron chi connectivity index (χ0n) is 18.1. The summed E-state index contributed by atoms with van der Waals surface area (Å²) in [6, 6.07) is 17.3. The predicted molar refractivity (Wildman–Crippen MR) is 134 cm³/mol. The fourth-order valence-electron chi connectivity index (χ4n) is 3.59. The van der Waals surface area contributed by atoms with E-state index >= 15 is 0 Å². The van der Waals surface area contributed by atoms with Crippen LogP contribution in [0, 0.1) is 0 Å².